The standard InChI is InChI=1S/C24H22ClN3O4S/c1-16-4-7-19(8-5-16)27-33(31,32)22-15-17(6-13-21(22)25)24(30)26-18-9-11-20(12-10-18)28-14-2-3-23(28)29/h4-13,15,27H,2-3,14H2,1H3,(H,26,30). The maximum Gasteiger partial charge on any atom is 0.263 e. The van der Waals surface area contributed by atoms with Gasteiger partial charge in [0.05, 0.1) is 5.02 Å². The molecule has 0 radical (unpaired) electrons. The molecule has 0 unspecified atom stereocenters. The van der Waals surface area contributed by atoms with Crippen LogP contribution in [-0.4, -0.2) is 26.8 Å². The number of amides is 2. The second kappa shape index (κ2) is 9.25. The second-order valence-electron chi connectivity index (χ2n) is 7.77. The summed E-state index contributed by atoms with van der Waals surface area (Å²) in [6.07, 6.45) is 1.37. The third-order valence-corrected chi connectivity index (χ3v) is 7.16. The molecule has 0 bridgehead atoms. The van der Waals surface area contributed by atoms with Crippen molar-refractivity contribution in [1.82, 2.24) is 0 Å². The van der Waals surface area contributed by atoms with Gasteiger partial charge in [0.2, 0.25) is 5.91 Å². The number of nitrogens with one attached hydrogen (secondary N) is 2. The molecule has 7 nitrogen and oxygen atoms in total. The Bertz CT molecular complexity index is 1310. The lowest BCUT2D eigenvalue weighted by molar-refractivity contribution is -0.117. The largest absolute Gasteiger partial charge is 0.322 e. The van der Waals surface area contributed by atoms with Crippen LogP contribution >= 0.6 is 11.6 Å². The molecular weight excluding hydrogens is 462 g/mol. The molecule has 4 rings (SSSR count). The summed E-state index contributed by atoms with van der Waals surface area (Å²) in [5, 5.41) is 2.75. The third kappa shape index (κ3) is 5.18. The first-order valence-electron chi connectivity index (χ1n) is 10.3. The van der Waals surface area contributed by atoms with Crippen LogP contribution in [0.3, 0.4) is 0 Å². The van der Waals surface area contributed by atoms with Crippen molar-refractivity contribution >= 4 is 50.5 Å². The van der Waals surface area contributed by atoms with Gasteiger partial charge in [-0.15, -0.1) is 0 Å². The number of benzene rings is 3. The number of sulfonamides is 1. The Balaban J connectivity index is 1.51. The number of rotatable bonds is 6. The van der Waals surface area contributed by atoms with Crippen molar-refractivity contribution in [2.75, 3.05) is 21.5 Å². The van der Waals surface area contributed by atoms with Gasteiger partial charge in [0.15, 0.2) is 0 Å². The van der Waals surface area contributed by atoms with Gasteiger partial charge < -0.3 is 10.2 Å². The molecule has 1 saturated heterocycles. The molecule has 3 aromatic rings. The van der Waals surface area contributed by atoms with Crippen molar-refractivity contribution < 1.29 is 18.0 Å². The number of hydrogen-bond donors (Lipinski definition) is 2. The molecule has 0 atom stereocenters. The van der Waals surface area contributed by atoms with Gasteiger partial charge in [-0.2, -0.15) is 0 Å². The summed E-state index contributed by atoms with van der Waals surface area (Å²) in [6.45, 7) is 2.58. The molecule has 170 valence electrons. The molecule has 0 aliphatic carbocycles. The number of carbonyl (C=O) groups is 2. The van der Waals surface area contributed by atoms with E-state index in [2.05, 4.69) is 10.0 Å². The van der Waals surface area contributed by atoms with Crippen LogP contribution in [0.2, 0.25) is 5.02 Å². The zero-order valence-corrected chi connectivity index (χ0v) is 19.4. The van der Waals surface area contributed by atoms with Crippen LogP contribution in [-0.2, 0) is 14.8 Å². The highest BCUT2D eigenvalue weighted by atomic mass is 35.5. The van der Waals surface area contributed by atoms with Crippen LogP contribution in [0.4, 0.5) is 17.1 Å². The van der Waals surface area contributed by atoms with Gasteiger partial charge in [0.1, 0.15) is 4.90 Å². The van der Waals surface area contributed by atoms with Crippen LogP contribution in [0.25, 0.3) is 0 Å². The second-order valence-corrected chi connectivity index (χ2v) is 9.82. The van der Waals surface area contributed by atoms with E-state index in [0.717, 1.165) is 17.7 Å². The molecule has 9 heteroatoms. The van der Waals surface area contributed by atoms with Crippen LogP contribution in [0.1, 0.15) is 28.8 Å². The summed E-state index contributed by atoms with van der Waals surface area (Å²) in [5.74, 6) is -0.399. The Labute approximate surface area is 197 Å². The molecule has 1 aliphatic heterocycles. The van der Waals surface area contributed by atoms with Gasteiger partial charge in [-0.3, -0.25) is 14.3 Å². The Kier molecular flexibility index (Phi) is 6.40. The molecule has 1 aliphatic rings. The number of nitrogens with zero attached hydrogens (tertiary/aromatic N) is 1. The SMILES string of the molecule is Cc1ccc(NS(=O)(=O)c2cc(C(=O)Nc3ccc(N4CCCC4=O)cc3)ccc2Cl)cc1. The summed E-state index contributed by atoms with van der Waals surface area (Å²) < 4.78 is 28.2. The molecule has 0 spiro atoms. The lowest BCUT2D eigenvalue weighted by Crippen LogP contribution is -2.23. The minimum atomic E-state index is -4.01. The van der Waals surface area contributed by atoms with Gasteiger partial charge in [-0.1, -0.05) is 29.3 Å². The maximum absolute atomic E-state index is 12.9. The number of anilines is 3. The molecule has 1 fully saturated rings. The summed E-state index contributed by atoms with van der Waals surface area (Å²) in [7, 11) is -4.01. The Morgan fingerprint density at radius 1 is 0.970 bits per heavy atom. The van der Waals surface area contributed by atoms with Crippen molar-refractivity contribution in [2.24, 2.45) is 0 Å². The number of halogens is 1. The predicted molar refractivity (Wildman–Crippen MR) is 129 cm³/mol. The first-order chi connectivity index (χ1) is 15.7. The van der Waals surface area contributed by atoms with Gasteiger partial charge in [-0.25, -0.2) is 8.42 Å². The fraction of sp³-hybridized carbons (Fsp3) is 0.167. The number of hydrogen-bond acceptors (Lipinski definition) is 4. The molecular formula is C24H22ClN3O4S. The summed E-state index contributed by atoms with van der Waals surface area (Å²) in [5.41, 5.74) is 2.82. The Morgan fingerprint density at radius 3 is 2.27 bits per heavy atom. The first kappa shape index (κ1) is 22.8. The minimum absolute atomic E-state index is 0.00537. The monoisotopic (exact) mass is 483 g/mol. The summed E-state index contributed by atoms with van der Waals surface area (Å²) >= 11 is 6.15. The topological polar surface area (TPSA) is 95.6 Å². The maximum atomic E-state index is 12.9. The van der Waals surface area contributed by atoms with E-state index in [9.17, 15) is 18.0 Å². The van der Waals surface area contributed by atoms with Crippen molar-refractivity contribution in [3.05, 3.63) is 82.9 Å². The van der Waals surface area contributed by atoms with Crippen LogP contribution < -0.4 is 14.9 Å². The number of aryl methyl sites for hydroxylation is 1. The summed E-state index contributed by atoms with van der Waals surface area (Å²) in [4.78, 5) is 26.2. The van der Waals surface area contributed by atoms with E-state index >= 15 is 0 Å². The smallest absolute Gasteiger partial charge is 0.263 e. The van der Waals surface area contributed by atoms with E-state index < -0.39 is 15.9 Å². The minimum Gasteiger partial charge on any atom is -0.322 e. The molecule has 3 aromatic carbocycles. The van der Waals surface area contributed by atoms with Crippen molar-refractivity contribution in [3.8, 4) is 0 Å². The van der Waals surface area contributed by atoms with Crippen molar-refractivity contribution in [2.45, 2.75) is 24.7 Å². The van der Waals surface area contributed by atoms with Gasteiger partial charge in [0, 0.05) is 35.6 Å². The van der Waals surface area contributed by atoms with E-state index in [1.807, 2.05) is 6.92 Å². The van der Waals surface area contributed by atoms with E-state index in [1.165, 1.54) is 18.2 Å². The Morgan fingerprint density at radius 2 is 1.64 bits per heavy atom. The first-order valence-corrected chi connectivity index (χ1v) is 12.2. The molecule has 1 heterocycles. The molecule has 33 heavy (non-hydrogen) atoms. The van der Waals surface area contributed by atoms with E-state index in [-0.39, 0.29) is 21.4 Å². The van der Waals surface area contributed by atoms with E-state index in [1.54, 1.807) is 53.4 Å². The average molecular weight is 484 g/mol. The van der Waals surface area contributed by atoms with Gasteiger partial charge in [-0.05, 0) is 67.9 Å². The molecule has 0 saturated carbocycles. The zero-order chi connectivity index (χ0) is 23.6. The van der Waals surface area contributed by atoms with Crippen molar-refractivity contribution in [3.63, 3.8) is 0 Å². The zero-order valence-electron chi connectivity index (χ0n) is 17.8. The van der Waals surface area contributed by atoms with Crippen LogP contribution in [0, 0.1) is 6.92 Å². The van der Waals surface area contributed by atoms with Crippen molar-refractivity contribution in [1.29, 1.82) is 0 Å². The molecule has 2 N–H and O–H groups in total. The highest BCUT2D eigenvalue weighted by molar-refractivity contribution is 7.92. The van der Waals surface area contributed by atoms with Crippen LogP contribution in [0.5, 0.6) is 0 Å². The lowest BCUT2D eigenvalue weighted by atomic mass is 10.2. The van der Waals surface area contributed by atoms with Crippen LogP contribution in [0.15, 0.2) is 71.6 Å². The van der Waals surface area contributed by atoms with E-state index in [0.29, 0.717) is 24.3 Å². The molecule has 0 aromatic heterocycles. The lowest BCUT2D eigenvalue weighted by Gasteiger charge is -2.16. The predicted octanol–water partition coefficient (Wildman–Crippen LogP) is 4.83. The third-order valence-electron chi connectivity index (χ3n) is 5.30. The average Bonchev–Trinajstić information content (AvgIpc) is 3.21. The fourth-order valence-corrected chi connectivity index (χ4v) is 5.12. The fourth-order valence-electron chi connectivity index (χ4n) is 3.53. The van der Waals surface area contributed by atoms with Gasteiger partial charge in [0.25, 0.3) is 15.9 Å². The highest BCUT2D eigenvalue weighted by Crippen LogP contribution is 2.27. The normalized spacial score (nSPS) is 13.8. The quantitative estimate of drug-likeness (QED) is 0.525. The molecule has 2 amide bonds. The van der Waals surface area contributed by atoms with Gasteiger partial charge >= 0.3 is 0 Å². The van der Waals surface area contributed by atoms with E-state index in [4.69, 9.17) is 11.6 Å². The Hall–Kier alpha value is -3.36. The highest BCUT2D eigenvalue weighted by Gasteiger charge is 2.22. The number of carbonyl (C=O) groups excluding carboxylic acids is 2. The summed E-state index contributed by atoms with van der Waals surface area (Å²) in [6, 6.07) is 17.9.